The predicted octanol–water partition coefficient (Wildman–Crippen LogP) is 0.923. The molecule has 0 unspecified atom stereocenters. The Kier molecular flexibility index (Phi) is 13.3. The van der Waals surface area contributed by atoms with Crippen LogP contribution in [0.2, 0.25) is 0 Å². The summed E-state index contributed by atoms with van der Waals surface area (Å²) in [4.78, 5) is 98.3. The third-order valence-corrected chi connectivity index (χ3v) is 10.7. The Morgan fingerprint density at radius 1 is 0.946 bits per heavy atom. The summed E-state index contributed by atoms with van der Waals surface area (Å²) in [6.07, 6.45) is -1.38. The van der Waals surface area contributed by atoms with E-state index in [1.807, 2.05) is 26.8 Å². The number of aryl methyl sites for hydroxylation is 1. The molecule has 2 aliphatic rings. The zero-order valence-electron chi connectivity index (χ0n) is 31.7. The fraction of sp³-hybridized carbons (Fsp3) is 0.447. The number of carboxylic acids is 1. The number of H-pyrrole nitrogens is 1. The van der Waals surface area contributed by atoms with Crippen LogP contribution in [-0.2, 0) is 30.4 Å². The third kappa shape index (κ3) is 9.78. The molecule has 0 spiro atoms. The number of carboxylic acid groups (broad SMARTS) is 1. The number of amides is 7. The molecule has 3 aromatic rings. The number of carbonyl (C=O) groups excluding carboxylic acids is 6. The van der Waals surface area contributed by atoms with Gasteiger partial charge in [0.05, 0.1) is 11.1 Å². The predicted molar refractivity (Wildman–Crippen MR) is 208 cm³/mol. The summed E-state index contributed by atoms with van der Waals surface area (Å²) in [6, 6.07) is 5.03. The molecular formula is C38H48N8O9S. The lowest BCUT2D eigenvalue weighted by molar-refractivity contribution is -0.142. The van der Waals surface area contributed by atoms with Crippen molar-refractivity contribution in [2.24, 2.45) is 5.92 Å². The van der Waals surface area contributed by atoms with Crippen molar-refractivity contribution < 1.29 is 43.8 Å². The van der Waals surface area contributed by atoms with Gasteiger partial charge in [-0.1, -0.05) is 38.1 Å². The summed E-state index contributed by atoms with van der Waals surface area (Å²) >= 11 is 1.06. The fourth-order valence-corrected chi connectivity index (χ4v) is 7.65. The van der Waals surface area contributed by atoms with Crippen LogP contribution in [0.1, 0.15) is 55.6 Å². The number of hydrogen-bond donors (Lipinski definition) is 9. The first kappa shape index (κ1) is 41.5. The minimum atomic E-state index is -1.55. The molecule has 6 atom stereocenters. The number of aliphatic hydroxyl groups excluding tert-OH is 1. The number of carbonyl (C=O) groups is 7. The second-order valence-electron chi connectivity index (χ2n) is 14.5. The highest BCUT2D eigenvalue weighted by Crippen LogP contribution is 2.32. The van der Waals surface area contributed by atoms with Gasteiger partial charge in [0.15, 0.2) is 0 Å². The number of para-hydroxylation sites is 1. The molecular weight excluding hydrogens is 745 g/mol. The van der Waals surface area contributed by atoms with Crippen molar-refractivity contribution in [2.75, 3.05) is 23.7 Å². The Balaban J connectivity index is 1.57. The second kappa shape index (κ2) is 17.9. The average molecular weight is 793 g/mol. The van der Waals surface area contributed by atoms with Gasteiger partial charge >= 0.3 is 12.0 Å². The Morgan fingerprint density at radius 3 is 2.34 bits per heavy atom. The van der Waals surface area contributed by atoms with Crippen LogP contribution in [0.25, 0.3) is 10.9 Å². The van der Waals surface area contributed by atoms with Crippen molar-refractivity contribution in [3.8, 4) is 0 Å². The topological polar surface area (TPSA) is 251 Å². The SMILES string of the molecule is Cc1ccc(C(=O)N[C@H]2Cc3c([nH]c4ccccc34)SC[C@@H](C(=O)O)NC(=O)[C@H]([C@@H](C)O)NC(=O)[C@@H](C)NC(=O)[C@H](CC(C)C)NC2=O)cc1N1CCNC1=O. The van der Waals surface area contributed by atoms with Crippen LogP contribution in [0.15, 0.2) is 47.5 Å². The maximum atomic E-state index is 14.4. The summed E-state index contributed by atoms with van der Waals surface area (Å²) in [5.74, 6) is -5.50. The number of rotatable bonds is 7. The number of benzene rings is 2. The van der Waals surface area contributed by atoms with Crippen molar-refractivity contribution in [1.29, 1.82) is 0 Å². The summed E-state index contributed by atoms with van der Waals surface area (Å²) < 4.78 is 0. The van der Waals surface area contributed by atoms with Crippen LogP contribution in [-0.4, -0.2) is 112 Å². The molecule has 3 heterocycles. The summed E-state index contributed by atoms with van der Waals surface area (Å²) in [5, 5.41) is 37.3. The first-order chi connectivity index (χ1) is 26.5. The van der Waals surface area contributed by atoms with Gasteiger partial charge in [0.2, 0.25) is 23.6 Å². The molecule has 17 nitrogen and oxygen atoms in total. The lowest BCUT2D eigenvalue weighted by Crippen LogP contribution is -2.60. The average Bonchev–Trinajstić information content (AvgIpc) is 3.73. The van der Waals surface area contributed by atoms with Crippen molar-refractivity contribution >= 4 is 69.9 Å². The zero-order chi connectivity index (χ0) is 40.8. The number of anilines is 1. The maximum Gasteiger partial charge on any atom is 0.327 e. The number of nitrogens with one attached hydrogen (secondary N) is 7. The van der Waals surface area contributed by atoms with E-state index in [2.05, 4.69) is 36.9 Å². The summed E-state index contributed by atoms with van der Waals surface area (Å²) in [6.45, 7) is 8.98. The van der Waals surface area contributed by atoms with Crippen LogP contribution < -0.4 is 36.8 Å². The van der Waals surface area contributed by atoms with Crippen LogP contribution >= 0.6 is 11.8 Å². The van der Waals surface area contributed by atoms with Crippen LogP contribution in [0.4, 0.5) is 10.5 Å². The molecule has 0 radical (unpaired) electrons. The second-order valence-corrected chi connectivity index (χ2v) is 15.5. The first-order valence-electron chi connectivity index (χ1n) is 18.4. The van der Waals surface area contributed by atoms with Gasteiger partial charge in [0, 0.05) is 47.4 Å². The highest BCUT2D eigenvalue weighted by atomic mass is 32.2. The highest BCUT2D eigenvalue weighted by molar-refractivity contribution is 7.99. The number of aromatic nitrogens is 1. The molecule has 2 aliphatic heterocycles. The molecule has 1 fully saturated rings. The standard InChI is InChI=1S/C38H48N8O9S/c1-18(2)14-26-33(50)40-20(4)31(48)45-30(21(5)47)35(52)43-28(37(53)54)17-56-36-24(23-8-6-7-9-25(23)44-36)16-27(34(51)42-26)41-32(49)22-11-10-19(3)29(15-22)46-13-12-39-38(46)55/h6-11,15,18,20-21,26-28,30,44,47H,12-14,16-17H2,1-5H3,(H,39,55)(H,40,50)(H,41,49)(H,42,51)(H,43,52)(H,45,48)(H,53,54)/t20-,21-,26+,27+,28+,30+/m1/s1. The number of nitrogens with zero attached hydrogens (tertiary/aromatic N) is 1. The normalized spacial score (nSPS) is 23.5. The van der Waals surface area contributed by atoms with Gasteiger partial charge in [0.1, 0.15) is 30.2 Å². The van der Waals surface area contributed by atoms with E-state index in [0.717, 1.165) is 17.3 Å². The number of fused-ring (bicyclic) bond motifs is 3. The summed E-state index contributed by atoms with van der Waals surface area (Å²) in [7, 11) is 0. The number of aliphatic carboxylic acids is 1. The molecule has 1 aromatic heterocycles. The molecule has 0 aliphatic carbocycles. The van der Waals surface area contributed by atoms with Gasteiger partial charge in [-0.05, 0) is 62.4 Å². The number of hydrogen-bond acceptors (Lipinski definition) is 9. The van der Waals surface area contributed by atoms with E-state index < -0.39 is 71.8 Å². The van der Waals surface area contributed by atoms with E-state index in [1.54, 1.807) is 36.4 Å². The molecule has 5 rings (SSSR count). The zero-order valence-corrected chi connectivity index (χ0v) is 32.5. The molecule has 18 heteroatoms. The Labute approximate surface area is 327 Å². The number of urea groups is 1. The maximum absolute atomic E-state index is 14.4. The van der Waals surface area contributed by atoms with Gasteiger partial charge in [-0.2, -0.15) is 0 Å². The third-order valence-electron chi connectivity index (χ3n) is 9.59. The van der Waals surface area contributed by atoms with E-state index in [-0.39, 0.29) is 36.1 Å². The van der Waals surface area contributed by atoms with Gasteiger partial charge < -0.3 is 47.1 Å². The van der Waals surface area contributed by atoms with Crippen molar-refractivity contribution in [3.05, 3.63) is 59.2 Å². The largest absolute Gasteiger partial charge is 0.480 e. The first-order valence-corrected chi connectivity index (χ1v) is 19.3. The van der Waals surface area contributed by atoms with Crippen LogP contribution in [0, 0.1) is 12.8 Å². The molecule has 300 valence electrons. The van der Waals surface area contributed by atoms with E-state index in [4.69, 9.17) is 0 Å². The van der Waals surface area contributed by atoms with Gasteiger partial charge in [-0.3, -0.25) is 28.9 Å². The minimum Gasteiger partial charge on any atom is -0.480 e. The molecule has 56 heavy (non-hydrogen) atoms. The van der Waals surface area contributed by atoms with Gasteiger partial charge in [0.25, 0.3) is 5.91 Å². The Morgan fingerprint density at radius 2 is 1.68 bits per heavy atom. The number of aliphatic hydroxyl groups is 1. The quantitative estimate of drug-likeness (QED) is 0.164. The monoisotopic (exact) mass is 792 g/mol. The smallest absolute Gasteiger partial charge is 0.327 e. The van der Waals surface area contributed by atoms with Crippen molar-refractivity contribution in [3.63, 3.8) is 0 Å². The molecule has 9 N–H and O–H groups in total. The highest BCUT2D eigenvalue weighted by Gasteiger charge is 2.35. The Bertz CT molecular complexity index is 2020. The van der Waals surface area contributed by atoms with E-state index in [0.29, 0.717) is 40.3 Å². The van der Waals surface area contributed by atoms with E-state index in [9.17, 15) is 43.8 Å². The molecule has 2 aromatic carbocycles. The Hall–Kier alpha value is -5.62. The fourth-order valence-electron chi connectivity index (χ4n) is 6.54. The van der Waals surface area contributed by atoms with Gasteiger partial charge in [-0.15, -0.1) is 11.8 Å². The number of aromatic amines is 1. The van der Waals surface area contributed by atoms with E-state index in [1.165, 1.54) is 18.7 Å². The van der Waals surface area contributed by atoms with Crippen LogP contribution in [0.3, 0.4) is 0 Å². The molecule has 0 bridgehead atoms. The molecule has 1 saturated heterocycles. The molecule has 0 saturated carbocycles. The van der Waals surface area contributed by atoms with E-state index >= 15 is 0 Å². The van der Waals surface area contributed by atoms with Crippen LogP contribution in [0.5, 0.6) is 0 Å². The lowest BCUT2D eigenvalue weighted by atomic mass is 10.00. The van der Waals surface area contributed by atoms with Crippen molar-refractivity contribution in [2.45, 2.75) is 88.8 Å². The lowest BCUT2D eigenvalue weighted by Gasteiger charge is -2.27. The molecule has 7 amide bonds. The minimum absolute atomic E-state index is 0.100. The number of thioether (sulfide) groups is 1. The van der Waals surface area contributed by atoms with Gasteiger partial charge in [-0.25, -0.2) is 9.59 Å². The van der Waals surface area contributed by atoms with Crippen molar-refractivity contribution in [1.82, 2.24) is 36.9 Å². The summed E-state index contributed by atoms with van der Waals surface area (Å²) in [5.41, 5.74) is 2.69.